The Morgan fingerprint density at radius 2 is 2.09 bits per heavy atom. The molecule has 8 heteroatoms. The summed E-state index contributed by atoms with van der Waals surface area (Å²) in [6, 6.07) is 0.367. The average molecular weight is 345 g/mol. The third kappa shape index (κ3) is 4.51. The van der Waals surface area contributed by atoms with E-state index in [0.717, 1.165) is 25.0 Å². The van der Waals surface area contributed by atoms with Crippen molar-refractivity contribution in [3.63, 3.8) is 0 Å². The fourth-order valence-electron chi connectivity index (χ4n) is 3.07. The number of hydrogen-bond acceptors (Lipinski definition) is 5. The normalized spacial score (nSPS) is 26.6. The van der Waals surface area contributed by atoms with Crippen LogP contribution in [0.3, 0.4) is 0 Å². The van der Waals surface area contributed by atoms with Crippen LogP contribution in [0.1, 0.15) is 39.0 Å². The zero-order valence-electron chi connectivity index (χ0n) is 13.5. The van der Waals surface area contributed by atoms with Gasteiger partial charge >= 0.3 is 6.03 Å². The van der Waals surface area contributed by atoms with Crippen molar-refractivity contribution in [3.05, 3.63) is 0 Å². The number of aliphatic hydroxyl groups excluding tert-OH is 2. The second-order valence-electron chi connectivity index (χ2n) is 6.37. The lowest BCUT2D eigenvalue weighted by Crippen LogP contribution is -2.53. The molecule has 2 fully saturated rings. The minimum absolute atomic E-state index is 0.0754. The smallest absolute Gasteiger partial charge is 0.315 e. The second kappa shape index (κ2) is 8.21. The molecule has 0 saturated carbocycles. The van der Waals surface area contributed by atoms with Crippen molar-refractivity contribution in [2.75, 3.05) is 19.0 Å². The van der Waals surface area contributed by atoms with E-state index in [1.165, 1.54) is 0 Å². The van der Waals surface area contributed by atoms with Gasteiger partial charge in [-0.25, -0.2) is 4.79 Å². The number of thioether (sulfide) groups is 1. The summed E-state index contributed by atoms with van der Waals surface area (Å²) in [5.41, 5.74) is -0.911. The Balaban J connectivity index is 1.65. The monoisotopic (exact) mass is 345 g/mol. The molecule has 7 nitrogen and oxygen atoms in total. The second-order valence-corrected chi connectivity index (χ2v) is 7.64. The predicted molar refractivity (Wildman–Crippen MR) is 89.3 cm³/mol. The van der Waals surface area contributed by atoms with Crippen molar-refractivity contribution in [1.29, 1.82) is 0 Å². The molecule has 0 unspecified atom stereocenters. The molecule has 5 N–H and O–H groups in total. The van der Waals surface area contributed by atoms with Crippen LogP contribution in [0, 0.1) is 0 Å². The van der Waals surface area contributed by atoms with E-state index in [0.29, 0.717) is 18.1 Å². The predicted octanol–water partition coefficient (Wildman–Crippen LogP) is -0.0382. The zero-order valence-corrected chi connectivity index (χ0v) is 14.3. The first-order chi connectivity index (χ1) is 11.0. The third-order valence-corrected chi connectivity index (χ3v) is 6.28. The van der Waals surface area contributed by atoms with Crippen LogP contribution in [0.2, 0.25) is 0 Å². The maximum absolute atomic E-state index is 12.0. The maximum Gasteiger partial charge on any atom is 0.315 e. The van der Waals surface area contributed by atoms with E-state index in [1.54, 1.807) is 0 Å². The highest BCUT2D eigenvalue weighted by molar-refractivity contribution is 8.00. The molecule has 0 radical (unpaired) electrons. The summed E-state index contributed by atoms with van der Waals surface area (Å²) >= 11 is 1.87. The highest BCUT2D eigenvalue weighted by Gasteiger charge is 2.42. The number of amides is 3. The number of unbranched alkanes of at least 4 members (excludes halogenated alkanes) is 1. The lowest BCUT2D eigenvalue weighted by atomic mass is 9.98. The summed E-state index contributed by atoms with van der Waals surface area (Å²) in [6.07, 6.45) is 3.53. The van der Waals surface area contributed by atoms with Gasteiger partial charge in [-0.05, 0) is 19.3 Å². The molecule has 0 aliphatic carbocycles. The Labute approximate surface area is 141 Å². The molecule has 2 saturated heterocycles. The molecular weight excluding hydrogens is 318 g/mol. The summed E-state index contributed by atoms with van der Waals surface area (Å²) in [4.78, 5) is 23.3. The van der Waals surface area contributed by atoms with Crippen LogP contribution in [-0.4, -0.2) is 64.0 Å². The Morgan fingerprint density at radius 3 is 2.74 bits per heavy atom. The number of fused-ring (bicyclic) bond motifs is 1. The van der Waals surface area contributed by atoms with Crippen LogP contribution in [0.25, 0.3) is 0 Å². The summed E-state index contributed by atoms with van der Waals surface area (Å²) < 4.78 is 0. The molecule has 0 bridgehead atoms. The van der Waals surface area contributed by atoms with Crippen LogP contribution in [0.4, 0.5) is 4.79 Å². The Bertz CT molecular complexity index is 423. The molecule has 0 aromatic heterocycles. The topological polar surface area (TPSA) is 111 Å². The summed E-state index contributed by atoms with van der Waals surface area (Å²) in [5.74, 6) is 0.809. The van der Waals surface area contributed by atoms with E-state index in [9.17, 15) is 19.8 Å². The van der Waals surface area contributed by atoms with Gasteiger partial charge in [0.05, 0.1) is 30.8 Å². The summed E-state index contributed by atoms with van der Waals surface area (Å²) in [6.45, 7) is 1.30. The van der Waals surface area contributed by atoms with Crippen LogP contribution in [0.5, 0.6) is 0 Å². The highest BCUT2D eigenvalue weighted by Crippen LogP contribution is 2.33. The molecular formula is C15H27N3O4S. The molecule has 0 aromatic rings. The molecule has 23 heavy (non-hydrogen) atoms. The van der Waals surface area contributed by atoms with Gasteiger partial charge in [0.1, 0.15) is 0 Å². The quantitative estimate of drug-likeness (QED) is 0.297. The largest absolute Gasteiger partial charge is 0.394 e. The van der Waals surface area contributed by atoms with Gasteiger partial charge < -0.3 is 26.2 Å². The van der Waals surface area contributed by atoms with Crippen molar-refractivity contribution in [2.24, 2.45) is 0 Å². The number of nitrogens with one attached hydrogen (secondary N) is 3. The van der Waals surface area contributed by atoms with Gasteiger partial charge in [0.15, 0.2) is 0 Å². The van der Waals surface area contributed by atoms with Crippen LogP contribution < -0.4 is 16.0 Å². The average Bonchev–Trinajstić information content (AvgIpc) is 3.09. The lowest BCUT2D eigenvalue weighted by Gasteiger charge is -2.29. The van der Waals surface area contributed by atoms with Gasteiger partial charge in [-0.2, -0.15) is 11.8 Å². The van der Waals surface area contributed by atoms with Crippen LogP contribution in [-0.2, 0) is 4.79 Å². The lowest BCUT2D eigenvalue weighted by molar-refractivity contribution is -0.124. The van der Waals surface area contributed by atoms with Crippen LogP contribution in [0.15, 0.2) is 0 Å². The van der Waals surface area contributed by atoms with E-state index >= 15 is 0 Å². The first-order valence-electron chi connectivity index (χ1n) is 8.25. The summed E-state index contributed by atoms with van der Waals surface area (Å²) in [5, 5.41) is 27.7. The minimum atomic E-state index is -0.911. The highest BCUT2D eigenvalue weighted by atomic mass is 32.2. The van der Waals surface area contributed by atoms with Gasteiger partial charge in [0.2, 0.25) is 5.91 Å². The number of rotatable bonds is 9. The van der Waals surface area contributed by atoms with E-state index in [-0.39, 0.29) is 37.2 Å². The molecule has 2 aliphatic rings. The van der Waals surface area contributed by atoms with Crippen molar-refractivity contribution >= 4 is 23.7 Å². The first kappa shape index (κ1) is 18.4. The Hall–Kier alpha value is -0.990. The maximum atomic E-state index is 12.0. The fraction of sp³-hybridized carbons (Fsp3) is 0.867. The molecule has 2 aliphatic heterocycles. The van der Waals surface area contributed by atoms with Gasteiger partial charge in [-0.1, -0.05) is 13.3 Å². The van der Waals surface area contributed by atoms with E-state index < -0.39 is 5.54 Å². The van der Waals surface area contributed by atoms with Crippen molar-refractivity contribution in [2.45, 2.75) is 61.9 Å². The van der Waals surface area contributed by atoms with Gasteiger partial charge in [0.25, 0.3) is 0 Å². The minimum Gasteiger partial charge on any atom is -0.394 e. The molecule has 3 amide bonds. The number of aliphatic hydroxyl groups is 2. The van der Waals surface area contributed by atoms with E-state index in [2.05, 4.69) is 16.0 Å². The molecule has 0 aromatic carbocycles. The van der Waals surface area contributed by atoms with Crippen LogP contribution >= 0.6 is 11.8 Å². The number of carbonyl (C=O) groups excluding carboxylic acids is 2. The van der Waals surface area contributed by atoms with Crippen molar-refractivity contribution in [3.8, 4) is 0 Å². The van der Waals surface area contributed by atoms with Crippen molar-refractivity contribution < 1.29 is 19.8 Å². The van der Waals surface area contributed by atoms with E-state index in [1.807, 2.05) is 18.7 Å². The van der Waals surface area contributed by atoms with Crippen molar-refractivity contribution in [1.82, 2.24) is 16.0 Å². The molecule has 2 heterocycles. The van der Waals surface area contributed by atoms with E-state index in [4.69, 9.17) is 0 Å². The Kier molecular flexibility index (Phi) is 6.55. The fourth-order valence-corrected chi connectivity index (χ4v) is 4.62. The summed E-state index contributed by atoms with van der Waals surface area (Å²) in [7, 11) is 0. The van der Waals surface area contributed by atoms with Gasteiger partial charge in [-0.3, -0.25) is 4.79 Å². The number of urea groups is 1. The third-order valence-electron chi connectivity index (χ3n) is 4.77. The molecule has 0 spiro atoms. The first-order valence-corrected chi connectivity index (χ1v) is 9.30. The molecule has 132 valence electrons. The molecule has 3 atom stereocenters. The Morgan fingerprint density at radius 1 is 1.35 bits per heavy atom. The number of hydrogen-bond donors (Lipinski definition) is 5. The van der Waals surface area contributed by atoms with Gasteiger partial charge in [0, 0.05) is 17.4 Å². The SMILES string of the molecule is CCC(CO)(CO)NC(=O)CCCC[C@@H]1SC[C@@H]2NC(=O)N[C@@H]21. The zero-order chi connectivity index (χ0) is 16.9. The molecule has 2 rings (SSSR count). The number of carbonyl (C=O) groups is 2. The van der Waals surface area contributed by atoms with Gasteiger partial charge in [-0.15, -0.1) is 0 Å². The standard InChI is InChI=1S/C15H27N3O4S/c1-2-15(8-19,9-20)18-12(21)6-4-3-5-11-13-10(7-23-11)16-14(22)17-13/h10-11,13,19-20H,2-9H2,1H3,(H,18,21)(H2,16,17,22)/t10-,11-,13-/m0/s1.